The molecular formula is C13H23N3O. The van der Waals surface area contributed by atoms with Gasteiger partial charge in [0.15, 0.2) is 0 Å². The number of carbonyl (C=O) groups excluding carboxylic acids is 1. The molecule has 0 spiro atoms. The largest absolute Gasteiger partial charge is 0.311 e. The van der Waals surface area contributed by atoms with Crippen molar-refractivity contribution in [2.24, 2.45) is 5.92 Å². The number of amides is 1. The van der Waals surface area contributed by atoms with Crippen LogP contribution in [0.3, 0.4) is 0 Å². The molecule has 1 rings (SSSR count). The Balaban J connectivity index is 2.68. The lowest BCUT2D eigenvalue weighted by Crippen LogP contribution is -2.23. The second-order valence-electron chi connectivity index (χ2n) is 4.60. The SMILES string of the molecule is CCCC(C)C(=O)Nc1ccnn1C(C)CC. The van der Waals surface area contributed by atoms with E-state index in [0.717, 1.165) is 25.1 Å². The standard InChI is InChI=1S/C13H23N3O/c1-5-7-10(3)13(17)15-12-8-9-14-16(12)11(4)6-2/h8-11H,5-7H2,1-4H3,(H,15,17). The van der Waals surface area contributed by atoms with Crippen molar-refractivity contribution < 1.29 is 4.79 Å². The molecule has 0 aliphatic rings. The molecule has 17 heavy (non-hydrogen) atoms. The summed E-state index contributed by atoms with van der Waals surface area (Å²) in [6.45, 7) is 8.26. The number of anilines is 1. The van der Waals surface area contributed by atoms with Crippen molar-refractivity contribution in [3.8, 4) is 0 Å². The third-order valence-electron chi connectivity index (χ3n) is 3.10. The molecular weight excluding hydrogens is 214 g/mol. The highest BCUT2D eigenvalue weighted by Gasteiger charge is 2.15. The third-order valence-corrected chi connectivity index (χ3v) is 3.10. The molecule has 2 atom stereocenters. The Morgan fingerprint density at radius 1 is 1.47 bits per heavy atom. The number of rotatable bonds is 6. The Labute approximate surface area is 103 Å². The lowest BCUT2D eigenvalue weighted by Gasteiger charge is -2.16. The maximum atomic E-state index is 11.9. The lowest BCUT2D eigenvalue weighted by molar-refractivity contribution is -0.119. The van der Waals surface area contributed by atoms with Gasteiger partial charge in [-0.3, -0.25) is 4.79 Å². The quantitative estimate of drug-likeness (QED) is 0.825. The van der Waals surface area contributed by atoms with Crippen LogP contribution in [0, 0.1) is 5.92 Å². The van der Waals surface area contributed by atoms with Crippen LogP contribution in [0.4, 0.5) is 5.82 Å². The number of nitrogens with one attached hydrogen (secondary N) is 1. The average molecular weight is 237 g/mol. The van der Waals surface area contributed by atoms with Crippen LogP contribution in [0.15, 0.2) is 12.3 Å². The van der Waals surface area contributed by atoms with Gasteiger partial charge in [0.2, 0.25) is 5.91 Å². The van der Waals surface area contributed by atoms with E-state index in [4.69, 9.17) is 0 Å². The zero-order valence-electron chi connectivity index (χ0n) is 11.2. The molecule has 0 fully saturated rings. The smallest absolute Gasteiger partial charge is 0.228 e. The van der Waals surface area contributed by atoms with Gasteiger partial charge in [-0.2, -0.15) is 5.10 Å². The molecule has 0 saturated heterocycles. The highest BCUT2D eigenvalue weighted by Crippen LogP contribution is 2.17. The highest BCUT2D eigenvalue weighted by atomic mass is 16.1. The first-order chi connectivity index (χ1) is 8.10. The van der Waals surface area contributed by atoms with Gasteiger partial charge in [-0.15, -0.1) is 0 Å². The molecule has 0 saturated carbocycles. The molecule has 0 aliphatic carbocycles. The van der Waals surface area contributed by atoms with Gasteiger partial charge in [-0.25, -0.2) is 4.68 Å². The Morgan fingerprint density at radius 2 is 2.18 bits per heavy atom. The molecule has 0 radical (unpaired) electrons. The van der Waals surface area contributed by atoms with E-state index in [2.05, 4.69) is 31.2 Å². The van der Waals surface area contributed by atoms with E-state index in [-0.39, 0.29) is 11.8 Å². The molecule has 1 amide bonds. The molecule has 1 aromatic rings. The molecule has 1 aromatic heterocycles. The molecule has 0 aromatic carbocycles. The summed E-state index contributed by atoms with van der Waals surface area (Å²) in [7, 11) is 0. The minimum atomic E-state index is 0.0558. The highest BCUT2D eigenvalue weighted by molar-refractivity contribution is 5.91. The van der Waals surface area contributed by atoms with Crippen LogP contribution in [-0.2, 0) is 4.79 Å². The molecule has 0 aliphatic heterocycles. The Morgan fingerprint density at radius 3 is 2.76 bits per heavy atom. The molecule has 1 N–H and O–H groups in total. The normalized spacial score (nSPS) is 14.4. The van der Waals surface area contributed by atoms with E-state index in [1.165, 1.54) is 0 Å². The summed E-state index contributed by atoms with van der Waals surface area (Å²) in [6, 6.07) is 2.16. The molecule has 2 unspecified atom stereocenters. The van der Waals surface area contributed by atoms with E-state index >= 15 is 0 Å². The van der Waals surface area contributed by atoms with Gasteiger partial charge in [0.25, 0.3) is 0 Å². The van der Waals surface area contributed by atoms with Crippen LogP contribution in [0.1, 0.15) is 53.0 Å². The van der Waals surface area contributed by atoms with Crippen molar-refractivity contribution in [1.29, 1.82) is 0 Å². The van der Waals surface area contributed by atoms with Gasteiger partial charge < -0.3 is 5.32 Å². The summed E-state index contributed by atoms with van der Waals surface area (Å²) in [6.07, 6.45) is 4.67. The fourth-order valence-electron chi connectivity index (χ4n) is 1.75. The van der Waals surface area contributed by atoms with Crippen LogP contribution >= 0.6 is 0 Å². The Hall–Kier alpha value is -1.32. The van der Waals surface area contributed by atoms with Crippen molar-refractivity contribution in [3.05, 3.63) is 12.3 Å². The molecule has 4 nitrogen and oxygen atoms in total. The van der Waals surface area contributed by atoms with E-state index < -0.39 is 0 Å². The zero-order valence-corrected chi connectivity index (χ0v) is 11.2. The van der Waals surface area contributed by atoms with Gasteiger partial charge in [-0.05, 0) is 19.8 Å². The summed E-state index contributed by atoms with van der Waals surface area (Å²) in [5, 5.41) is 7.20. The van der Waals surface area contributed by atoms with E-state index in [9.17, 15) is 4.79 Å². The van der Waals surface area contributed by atoms with Crippen molar-refractivity contribution in [3.63, 3.8) is 0 Å². The molecule has 96 valence electrons. The topological polar surface area (TPSA) is 46.9 Å². The summed E-state index contributed by atoms with van der Waals surface area (Å²) in [5.41, 5.74) is 0. The predicted octanol–water partition coefficient (Wildman–Crippen LogP) is 3.23. The number of carbonyl (C=O) groups is 1. The fourth-order valence-corrected chi connectivity index (χ4v) is 1.75. The van der Waals surface area contributed by atoms with Crippen LogP contribution in [-0.4, -0.2) is 15.7 Å². The first-order valence-corrected chi connectivity index (χ1v) is 6.44. The predicted molar refractivity (Wildman–Crippen MR) is 69.9 cm³/mol. The van der Waals surface area contributed by atoms with E-state index in [0.29, 0.717) is 6.04 Å². The average Bonchev–Trinajstić information content (AvgIpc) is 2.76. The van der Waals surface area contributed by atoms with Gasteiger partial charge in [-0.1, -0.05) is 27.2 Å². The minimum Gasteiger partial charge on any atom is -0.311 e. The van der Waals surface area contributed by atoms with Gasteiger partial charge in [0, 0.05) is 12.0 Å². The summed E-state index contributed by atoms with van der Waals surface area (Å²) in [4.78, 5) is 11.9. The monoisotopic (exact) mass is 237 g/mol. The number of hydrogen-bond acceptors (Lipinski definition) is 2. The Kier molecular flexibility index (Phi) is 5.19. The molecule has 0 bridgehead atoms. The second kappa shape index (κ2) is 6.42. The second-order valence-corrected chi connectivity index (χ2v) is 4.60. The maximum Gasteiger partial charge on any atom is 0.228 e. The molecule has 4 heteroatoms. The van der Waals surface area contributed by atoms with Gasteiger partial charge in [0.05, 0.1) is 12.2 Å². The fraction of sp³-hybridized carbons (Fsp3) is 0.692. The van der Waals surface area contributed by atoms with Crippen LogP contribution in [0.25, 0.3) is 0 Å². The number of hydrogen-bond donors (Lipinski definition) is 1. The van der Waals surface area contributed by atoms with E-state index in [1.54, 1.807) is 6.20 Å². The third kappa shape index (κ3) is 3.58. The van der Waals surface area contributed by atoms with Crippen molar-refractivity contribution >= 4 is 11.7 Å². The van der Waals surface area contributed by atoms with Crippen molar-refractivity contribution in [2.45, 2.75) is 53.0 Å². The first kappa shape index (κ1) is 13.7. The van der Waals surface area contributed by atoms with Crippen LogP contribution in [0.5, 0.6) is 0 Å². The summed E-state index contributed by atoms with van der Waals surface area (Å²) < 4.78 is 1.87. The van der Waals surface area contributed by atoms with Crippen LogP contribution in [0.2, 0.25) is 0 Å². The first-order valence-electron chi connectivity index (χ1n) is 6.44. The van der Waals surface area contributed by atoms with Crippen molar-refractivity contribution in [1.82, 2.24) is 9.78 Å². The van der Waals surface area contributed by atoms with E-state index in [1.807, 2.05) is 17.7 Å². The van der Waals surface area contributed by atoms with Crippen molar-refractivity contribution in [2.75, 3.05) is 5.32 Å². The molecule has 1 heterocycles. The minimum absolute atomic E-state index is 0.0558. The van der Waals surface area contributed by atoms with Crippen LogP contribution < -0.4 is 5.32 Å². The summed E-state index contributed by atoms with van der Waals surface area (Å²) >= 11 is 0. The van der Waals surface area contributed by atoms with Gasteiger partial charge in [0.1, 0.15) is 5.82 Å². The maximum absolute atomic E-state index is 11.9. The Bertz CT molecular complexity index is 359. The lowest BCUT2D eigenvalue weighted by atomic mass is 10.1. The zero-order chi connectivity index (χ0) is 12.8. The summed E-state index contributed by atoms with van der Waals surface area (Å²) in [5.74, 6) is 0.935. The van der Waals surface area contributed by atoms with Gasteiger partial charge >= 0.3 is 0 Å². The number of aromatic nitrogens is 2. The number of nitrogens with zero attached hydrogens (tertiary/aromatic N) is 2.